The summed E-state index contributed by atoms with van der Waals surface area (Å²) in [7, 11) is 0. The zero-order valence-electron chi connectivity index (χ0n) is 15.5. The van der Waals surface area contributed by atoms with Gasteiger partial charge in [-0.3, -0.25) is 0 Å². The van der Waals surface area contributed by atoms with Gasteiger partial charge in [-0.25, -0.2) is 4.79 Å². The summed E-state index contributed by atoms with van der Waals surface area (Å²) in [6.07, 6.45) is 12.7. The summed E-state index contributed by atoms with van der Waals surface area (Å²) in [5, 5.41) is 8.68. The number of allylic oxidation sites excluding steroid dienone is 1. The molecule has 0 saturated carbocycles. The van der Waals surface area contributed by atoms with Gasteiger partial charge in [0.2, 0.25) is 0 Å². The van der Waals surface area contributed by atoms with Crippen LogP contribution in [0.4, 0.5) is 0 Å². The molecule has 0 rings (SSSR count). The molecule has 142 valence electrons. The topological polar surface area (TPSA) is 37.3 Å². The van der Waals surface area contributed by atoms with Crippen LogP contribution in [-0.2, 0) is 4.79 Å². The second kappa shape index (κ2) is 38.2. The minimum atomic E-state index is -0.822. The molecule has 0 aliphatic heterocycles. The fraction of sp³-hybridized carbons (Fsp3) is 0.850. The van der Waals surface area contributed by atoms with Gasteiger partial charge in [-0.05, 0) is 37.5 Å². The Bertz CT molecular complexity index is 339. The second-order valence-electron chi connectivity index (χ2n) is 7.69. The van der Waals surface area contributed by atoms with Crippen LogP contribution in [-0.4, -0.2) is 319 Å². The van der Waals surface area contributed by atoms with Crippen molar-refractivity contribution in [1.82, 2.24) is 0 Å². The zero-order chi connectivity index (χ0) is 17.0. The number of carboxylic acids is 1. The third kappa shape index (κ3) is 42.1. The van der Waals surface area contributed by atoms with Crippen LogP contribution in [0.25, 0.3) is 0 Å². The number of hydrogen-bond donors (Lipinski definition) is 1. The van der Waals surface area contributed by atoms with Crippen LogP contribution in [0.2, 0.25) is 0 Å². The van der Waals surface area contributed by atoms with Crippen molar-refractivity contribution in [3.05, 3.63) is 11.6 Å². The number of rotatable bonds is 13. The van der Waals surface area contributed by atoms with Crippen molar-refractivity contribution < 1.29 is 9.90 Å². The Balaban J connectivity index is -0.000000147. The molecule has 28 heavy (non-hydrogen) atoms. The molecule has 0 aromatic rings. The molecule has 0 spiro atoms. The van der Waals surface area contributed by atoms with Gasteiger partial charge in [-0.2, -0.15) is 0 Å². The molecule has 0 aromatic carbocycles. The molecule has 8 heteroatoms. The fourth-order valence-electron chi connectivity index (χ4n) is 2.99. The molecule has 2 nitrogen and oxygen atoms in total. The SMILES string of the molecule is C/C(=C\C(=O)O)CCC[C@H](C)CCC[C@H](C)CCCC(C)C.[KH].[KH].[KH].[KH].[KH].[KH]. The van der Waals surface area contributed by atoms with Gasteiger partial charge in [-0.15, -0.1) is 0 Å². The maximum atomic E-state index is 10.5. The zero-order valence-corrected chi connectivity index (χ0v) is 15.5. The van der Waals surface area contributed by atoms with E-state index in [9.17, 15) is 4.79 Å². The van der Waals surface area contributed by atoms with Gasteiger partial charge in [0, 0.05) is 6.08 Å². The summed E-state index contributed by atoms with van der Waals surface area (Å²) in [5.74, 6) is 1.65. The number of hydrogen-bond acceptors (Lipinski definition) is 1. The standard InChI is InChI=1S/C20H38O2.6K.6H/c1-16(2)9-6-10-17(3)11-7-12-18(4)13-8-14-19(5)15-20(21)22;;;;;;;;;;;;/h15-18H,6-14H2,1-5H3,(H,21,22);;;;;;;;;;;;/b19-15+;;;;;;;;;;;;/t17-,18-;;;;;;;;;;;;/m1............/s1. The first kappa shape index (κ1) is 53.3. The Labute approximate surface area is 431 Å². The molecule has 0 aromatic heterocycles. The molecule has 1 N–H and O–H groups in total. The Morgan fingerprint density at radius 1 is 0.714 bits per heavy atom. The molecular formula is C20H44K6O2. The molecule has 0 amide bonds. The van der Waals surface area contributed by atoms with Gasteiger partial charge in [0.05, 0.1) is 0 Å². The van der Waals surface area contributed by atoms with E-state index in [0.29, 0.717) is 0 Å². The number of carboxylic acid groups (broad SMARTS) is 1. The Hall–Kier alpha value is 9.03. The third-order valence-electron chi connectivity index (χ3n) is 4.51. The third-order valence-corrected chi connectivity index (χ3v) is 4.51. The van der Waals surface area contributed by atoms with E-state index in [1.807, 2.05) is 6.92 Å². The van der Waals surface area contributed by atoms with E-state index >= 15 is 0 Å². The molecule has 0 saturated heterocycles. The van der Waals surface area contributed by atoms with Crippen LogP contribution in [0.1, 0.15) is 92.4 Å². The van der Waals surface area contributed by atoms with Crippen LogP contribution in [0.5, 0.6) is 0 Å². The normalized spacial score (nSPS) is 11.9. The molecule has 0 heterocycles. The van der Waals surface area contributed by atoms with Gasteiger partial charge >= 0.3 is 314 Å². The maximum absolute atomic E-state index is 10.5. The van der Waals surface area contributed by atoms with Crippen molar-refractivity contribution in [3.63, 3.8) is 0 Å². The van der Waals surface area contributed by atoms with E-state index < -0.39 is 5.97 Å². The average molecular weight is 551 g/mol. The van der Waals surface area contributed by atoms with E-state index in [-0.39, 0.29) is 308 Å². The predicted octanol–water partition coefficient (Wildman–Crippen LogP) is 2.57. The molecular weight excluding hydrogens is 507 g/mol. The molecule has 0 aliphatic carbocycles. The fourth-order valence-corrected chi connectivity index (χ4v) is 2.99. The predicted molar refractivity (Wildman–Crippen MR) is 139 cm³/mol. The molecule has 0 radical (unpaired) electrons. The van der Waals surface area contributed by atoms with Crippen molar-refractivity contribution in [2.75, 3.05) is 0 Å². The van der Waals surface area contributed by atoms with Crippen molar-refractivity contribution in [2.45, 2.75) is 92.4 Å². The molecule has 0 aliphatic rings. The van der Waals surface area contributed by atoms with Gasteiger partial charge in [0.25, 0.3) is 0 Å². The van der Waals surface area contributed by atoms with E-state index in [4.69, 9.17) is 5.11 Å². The van der Waals surface area contributed by atoms with Crippen LogP contribution in [0.15, 0.2) is 11.6 Å². The van der Waals surface area contributed by atoms with Gasteiger partial charge in [0.1, 0.15) is 0 Å². The van der Waals surface area contributed by atoms with Crippen LogP contribution in [0, 0.1) is 17.8 Å². The summed E-state index contributed by atoms with van der Waals surface area (Å²) in [4.78, 5) is 10.5. The van der Waals surface area contributed by atoms with Crippen molar-refractivity contribution in [3.8, 4) is 0 Å². The quantitative estimate of drug-likeness (QED) is 0.283. The molecule has 0 bridgehead atoms. The summed E-state index contributed by atoms with van der Waals surface area (Å²) in [5.41, 5.74) is 0.985. The summed E-state index contributed by atoms with van der Waals surface area (Å²) in [6, 6.07) is 0. The monoisotopic (exact) mass is 550 g/mol. The van der Waals surface area contributed by atoms with Crippen molar-refractivity contribution in [2.24, 2.45) is 17.8 Å². The first-order valence-electron chi connectivity index (χ1n) is 9.21. The summed E-state index contributed by atoms with van der Waals surface area (Å²) < 4.78 is 0. The molecule has 2 atom stereocenters. The van der Waals surface area contributed by atoms with E-state index in [2.05, 4.69) is 27.7 Å². The number of aliphatic carboxylic acids is 1. The first-order chi connectivity index (χ1) is 10.3. The first-order valence-corrected chi connectivity index (χ1v) is 9.21. The second-order valence-corrected chi connectivity index (χ2v) is 7.69. The van der Waals surface area contributed by atoms with Gasteiger partial charge in [0.15, 0.2) is 0 Å². The van der Waals surface area contributed by atoms with E-state index in [1.165, 1.54) is 51.0 Å². The summed E-state index contributed by atoms with van der Waals surface area (Å²) >= 11 is 0. The van der Waals surface area contributed by atoms with Gasteiger partial charge < -0.3 is 5.11 Å². The van der Waals surface area contributed by atoms with E-state index in [1.54, 1.807) is 0 Å². The Kier molecular flexibility index (Phi) is 72.7. The van der Waals surface area contributed by atoms with Crippen LogP contribution >= 0.6 is 0 Å². The Morgan fingerprint density at radius 2 is 1.07 bits per heavy atom. The minimum absolute atomic E-state index is 0. The van der Waals surface area contributed by atoms with Crippen LogP contribution in [0.3, 0.4) is 0 Å². The number of carbonyl (C=O) groups is 1. The average Bonchev–Trinajstić information content (AvgIpc) is 2.37. The van der Waals surface area contributed by atoms with Gasteiger partial charge in [-0.1, -0.05) is 78.2 Å². The van der Waals surface area contributed by atoms with Crippen molar-refractivity contribution in [1.29, 1.82) is 0 Å². The van der Waals surface area contributed by atoms with E-state index in [0.717, 1.165) is 36.2 Å². The molecule has 0 fully saturated rings. The molecule has 0 unspecified atom stereocenters. The Morgan fingerprint density at radius 3 is 1.43 bits per heavy atom. The van der Waals surface area contributed by atoms with Crippen LogP contribution < -0.4 is 0 Å². The summed E-state index contributed by atoms with van der Waals surface area (Å²) in [6.45, 7) is 11.3. The van der Waals surface area contributed by atoms with Crippen molar-refractivity contribution >= 4 is 314 Å².